The van der Waals surface area contributed by atoms with Crippen LogP contribution in [0.2, 0.25) is 0 Å². The van der Waals surface area contributed by atoms with Crippen molar-refractivity contribution in [2.45, 2.75) is 45.7 Å². The van der Waals surface area contributed by atoms with E-state index < -0.39 is 0 Å². The largest absolute Gasteiger partial charge is 0.468 e. The molecule has 1 aromatic carbocycles. The molecule has 4 heterocycles. The van der Waals surface area contributed by atoms with Crippen LogP contribution >= 0.6 is 0 Å². The van der Waals surface area contributed by atoms with Crippen molar-refractivity contribution in [2.24, 2.45) is 0 Å². The summed E-state index contributed by atoms with van der Waals surface area (Å²) in [4.78, 5) is 21.0. The van der Waals surface area contributed by atoms with Gasteiger partial charge in [0.05, 0.1) is 26.0 Å². The second kappa shape index (κ2) is 11.6. The maximum atomic E-state index is 5.82. The molecule has 1 N–H and O–H groups in total. The van der Waals surface area contributed by atoms with E-state index in [4.69, 9.17) is 9.47 Å². The highest BCUT2D eigenvalue weighted by atomic mass is 16.5. The number of anilines is 1. The molecule has 1 fully saturated rings. The fourth-order valence-corrected chi connectivity index (χ4v) is 4.70. The third-order valence-corrected chi connectivity index (χ3v) is 6.71. The molecule has 0 aliphatic carbocycles. The number of methoxy groups -OCH3 is 1. The normalized spacial score (nSPS) is 13.8. The molecule has 0 atom stereocenters. The number of hydrogen-bond donors (Lipinski definition) is 1. The number of ether oxygens (including phenoxy) is 2. The minimum absolute atomic E-state index is 0.332. The molecule has 0 unspecified atom stereocenters. The van der Waals surface area contributed by atoms with Crippen LogP contribution in [0.3, 0.4) is 0 Å². The zero-order valence-corrected chi connectivity index (χ0v) is 21.9. The maximum Gasteiger partial charge on any atom is 0.320 e. The van der Waals surface area contributed by atoms with Crippen molar-refractivity contribution in [3.63, 3.8) is 0 Å². The van der Waals surface area contributed by atoms with Crippen LogP contribution in [0.4, 0.5) is 5.82 Å². The number of hydrogen-bond acceptors (Lipinski definition) is 8. The maximum absolute atomic E-state index is 5.82. The highest BCUT2D eigenvalue weighted by Crippen LogP contribution is 2.28. The molecule has 1 aliphatic rings. The summed E-state index contributed by atoms with van der Waals surface area (Å²) in [6.45, 7) is 6.63. The molecular weight excluding hydrogens is 466 g/mol. The number of likely N-dealkylation sites (tertiary alicyclic amines) is 1. The lowest BCUT2D eigenvalue weighted by atomic mass is 10.1. The molecule has 0 radical (unpaired) electrons. The quantitative estimate of drug-likeness (QED) is 0.294. The van der Waals surface area contributed by atoms with E-state index in [2.05, 4.69) is 67.4 Å². The fourth-order valence-electron chi connectivity index (χ4n) is 4.70. The second-order valence-electron chi connectivity index (χ2n) is 9.39. The van der Waals surface area contributed by atoms with Crippen molar-refractivity contribution in [1.82, 2.24) is 29.4 Å². The Bertz CT molecular complexity index is 1330. The molecule has 9 heteroatoms. The van der Waals surface area contributed by atoms with Gasteiger partial charge in [0.1, 0.15) is 0 Å². The highest BCUT2D eigenvalue weighted by molar-refractivity contribution is 5.84. The number of nitrogens with zero attached hydrogens (tertiary/aromatic N) is 6. The average Bonchev–Trinajstić information content (AvgIpc) is 3.57. The molecule has 1 aliphatic heterocycles. The van der Waals surface area contributed by atoms with Crippen molar-refractivity contribution in [2.75, 3.05) is 39.2 Å². The molecule has 0 amide bonds. The Balaban J connectivity index is 1.41. The third kappa shape index (κ3) is 5.67. The summed E-state index contributed by atoms with van der Waals surface area (Å²) in [6.07, 6.45) is 6.45. The van der Waals surface area contributed by atoms with Gasteiger partial charge in [-0.05, 0) is 55.6 Å². The topological polar surface area (TPSA) is 90.2 Å². The van der Waals surface area contributed by atoms with Crippen LogP contribution in [-0.2, 0) is 13.1 Å². The van der Waals surface area contributed by atoms with Gasteiger partial charge in [0.2, 0.25) is 0 Å². The Kier molecular flexibility index (Phi) is 7.79. The molecule has 0 spiro atoms. The highest BCUT2D eigenvalue weighted by Gasteiger charge is 2.19. The number of nitrogens with one attached hydrogen (secondary N) is 1. The monoisotopic (exact) mass is 501 g/mol. The lowest BCUT2D eigenvalue weighted by Gasteiger charge is -2.14. The predicted molar refractivity (Wildman–Crippen MR) is 145 cm³/mol. The minimum Gasteiger partial charge on any atom is -0.468 e. The van der Waals surface area contributed by atoms with Gasteiger partial charge in [-0.1, -0.05) is 37.6 Å². The van der Waals surface area contributed by atoms with Crippen molar-refractivity contribution in [3.8, 4) is 23.3 Å². The van der Waals surface area contributed by atoms with E-state index in [0.29, 0.717) is 42.2 Å². The molecule has 0 bridgehead atoms. The summed E-state index contributed by atoms with van der Waals surface area (Å²) in [5.74, 6) is 0.609. The third-order valence-electron chi connectivity index (χ3n) is 6.71. The van der Waals surface area contributed by atoms with Gasteiger partial charge >= 0.3 is 6.01 Å². The summed E-state index contributed by atoms with van der Waals surface area (Å²) in [5, 5.41) is 3.11. The molecule has 194 valence electrons. The second-order valence-corrected chi connectivity index (χ2v) is 9.39. The van der Waals surface area contributed by atoms with Gasteiger partial charge in [0.15, 0.2) is 17.0 Å². The number of aromatic nitrogens is 5. The van der Waals surface area contributed by atoms with Crippen LogP contribution in [0.15, 0.2) is 42.6 Å². The first-order valence-corrected chi connectivity index (χ1v) is 13.1. The van der Waals surface area contributed by atoms with Crippen LogP contribution in [0.5, 0.6) is 12.0 Å². The Labute approximate surface area is 217 Å². The average molecular weight is 502 g/mol. The molecular formula is C28H35N7O2. The van der Waals surface area contributed by atoms with Gasteiger partial charge in [-0.25, -0.2) is 0 Å². The Morgan fingerprint density at radius 1 is 0.973 bits per heavy atom. The zero-order chi connectivity index (χ0) is 25.6. The van der Waals surface area contributed by atoms with Crippen LogP contribution < -0.4 is 14.8 Å². The number of pyridine rings is 1. The van der Waals surface area contributed by atoms with E-state index in [-0.39, 0.29) is 0 Å². The predicted octanol–water partition coefficient (Wildman–Crippen LogP) is 4.76. The summed E-state index contributed by atoms with van der Waals surface area (Å²) in [7, 11) is 3.43. The van der Waals surface area contributed by atoms with Gasteiger partial charge < -0.3 is 14.8 Å². The molecule has 5 rings (SSSR count). The first-order valence-electron chi connectivity index (χ1n) is 13.1. The minimum atomic E-state index is 0.332. The summed E-state index contributed by atoms with van der Waals surface area (Å²) >= 11 is 0. The van der Waals surface area contributed by atoms with Gasteiger partial charge in [0.25, 0.3) is 6.01 Å². The van der Waals surface area contributed by atoms with Crippen molar-refractivity contribution >= 4 is 17.0 Å². The van der Waals surface area contributed by atoms with Crippen molar-refractivity contribution < 1.29 is 9.47 Å². The Morgan fingerprint density at radius 3 is 2.51 bits per heavy atom. The van der Waals surface area contributed by atoms with Crippen LogP contribution in [-0.4, -0.2) is 63.3 Å². The Morgan fingerprint density at radius 2 is 1.78 bits per heavy atom. The van der Waals surface area contributed by atoms with Crippen molar-refractivity contribution in [3.05, 3.63) is 53.7 Å². The van der Waals surface area contributed by atoms with Gasteiger partial charge in [0, 0.05) is 25.4 Å². The van der Waals surface area contributed by atoms with Gasteiger partial charge in [-0.3, -0.25) is 14.5 Å². The van der Waals surface area contributed by atoms with E-state index in [1.807, 2.05) is 23.9 Å². The molecule has 37 heavy (non-hydrogen) atoms. The number of rotatable bonds is 11. The SMILES string of the molecule is CCCCOc1nc(NC)c2nc(OC)n(Cc3ccnc(-c4ccc(CN5CCCC5)cc4)c3)c2n1. The zero-order valence-electron chi connectivity index (χ0n) is 21.9. The number of unbranched alkanes of at least 4 members (excludes halogenated alkanes) is 1. The van der Waals surface area contributed by atoms with Crippen molar-refractivity contribution in [1.29, 1.82) is 0 Å². The van der Waals surface area contributed by atoms with E-state index in [1.165, 1.54) is 31.5 Å². The molecule has 4 aromatic rings. The number of imidazole rings is 1. The first kappa shape index (κ1) is 25.0. The summed E-state index contributed by atoms with van der Waals surface area (Å²) < 4.78 is 13.4. The van der Waals surface area contributed by atoms with E-state index in [0.717, 1.165) is 36.2 Å². The fraction of sp³-hybridized carbons (Fsp3) is 0.429. The standard InChI is InChI=1S/C28H35N7O2/c1-4-5-16-37-27-32-25(29-2)24-26(33-27)35(28(31-24)36-3)19-21-12-13-30-23(17-21)22-10-8-20(9-11-22)18-34-14-6-7-15-34/h8-13,17H,4-7,14-16,18-19H2,1-3H3,(H,29,32,33). The lowest BCUT2D eigenvalue weighted by Crippen LogP contribution is -2.18. The van der Waals surface area contributed by atoms with Crippen LogP contribution in [0, 0.1) is 0 Å². The number of benzene rings is 1. The van der Waals surface area contributed by atoms with E-state index in [9.17, 15) is 0 Å². The lowest BCUT2D eigenvalue weighted by molar-refractivity contribution is 0.286. The molecule has 0 saturated carbocycles. The summed E-state index contributed by atoms with van der Waals surface area (Å²) in [6, 6.07) is 13.7. The summed E-state index contributed by atoms with van der Waals surface area (Å²) in [5.41, 5.74) is 5.75. The van der Waals surface area contributed by atoms with Crippen LogP contribution in [0.1, 0.15) is 43.7 Å². The molecule has 1 saturated heterocycles. The molecule has 3 aromatic heterocycles. The molecule has 9 nitrogen and oxygen atoms in total. The Hall–Kier alpha value is -3.72. The number of fused-ring (bicyclic) bond motifs is 1. The van der Waals surface area contributed by atoms with Gasteiger partial charge in [-0.2, -0.15) is 15.0 Å². The smallest absolute Gasteiger partial charge is 0.320 e. The van der Waals surface area contributed by atoms with E-state index >= 15 is 0 Å². The van der Waals surface area contributed by atoms with Gasteiger partial charge in [-0.15, -0.1) is 0 Å². The van der Waals surface area contributed by atoms with Crippen LogP contribution in [0.25, 0.3) is 22.4 Å². The first-order chi connectivity index (χ1) is 18.2. The van der Waals surface area contributed by atoms with E-state index in [1.54, 1.807) is 7.11 Å².